The number of nitrogens with one attached hydrogen (secondary N) is 2. The fourth-order valence-corrected chi connectivity index (χ4v) is 12.3. The van der Waals surface area contributed by atoms with Gasteiger partial charge < -0.3 is 26.0 Å². The van der Waals surface area contributed by atoms with Gasteiger partial charge in [-0.2, -0.15) is 0 Å². The van der Waals surface area contributed by atoms with Crippen molar-refractivity contribution < 1.29 is 29.7 Å². The second-order valence-corrected chi connectivity index (χ2v) is 16.6. The van der Waals surface area contributed by atoms with Crippen molar-refractivity contribution in [3.05, 3.63) is 21.7 Å². The number of azide groups is 1. The van der Waals surface area contributed by atoms with Gasteiger partial charge in [-0.05, 0) is 116 Å². The molecule has 3 amide bonds. The van der Waals surface area contributed by atoms with Crippen molar-refractivity contribution in [2.45, 2.75) is 115 Å². The zero-order valence-electron chi connectivity index (χ0n) is 27.4. The van der Waals surface area contributed by atoms with E-state index in [1.165, 1.54) is 16.7 Å². The van der Waals surface area contributed by atoms with Crippen LogP contribution in [-0.4, -0.2) is 80.1 Å². The lowest BCUT2D eigenvalue weighted by Crippen LogP contribution is -2.70. The summed E-state index contributed by atoms with van der Waals surface area (Å²) in [4.78, 5) is 43.0. The first kappa shape index (κ1) is 33.6. The number of amides is 3. The summed E-state index contributed by atoms with van der Waals surface area (Å²) in [7, 11) is 0. The van der Waals surface area contributed by atoms with Gasteiger partial charge in [-0.3, -0.25) is 19.3 Å². The van der Waals surface area contributed by atoms with E-state index in [2.05, 4.69) is 41.4 Å². The SMILES string of the molecule is CC1=C(C(=O)NCN=[N+]=[N-])N2C(=O)C(NC(=O)CCC(C)C3CCC4C5C(O)C(O)C6CC(O)CCC6(C)C5CCC34C)C2SC1. The Labute approximate surface area is 275 Å². The van der Waals surface area contributed by atoms with Crippen LogP contribution in [0.15, 0.2) is 16.4 Å². The molecule has 254 valence electrons. The van der Waals surface area contributed by atoms with E-state index in [4.69, 9.17) is 5.53 Å². The fraction of sp³-hybridized carbons (Fsp3) is 0.848. The Morgan fingerprint density at radius 2 is 1.80 bits per heavy atom. The van der Waals surface area contributed by atoms with Crippen molar-refractivity contribution in [1.82, 2.24) is 15.5 Å². The molecule has 0 aromatic heterocycles. The van der Waals surface area contributed by atoms with Gasteiger partial charge in [0.2, 0.25) is 5.91 Å². The van der Waals surface area contributed by atoms with E-state index in [0.717, 1.165) is 44.1 Å². The van der Waals surface area contributed by atoms with Crippen LogP contribution >= 0.6 is 11.8 Å². The van der Waals surface area contributed by atoms with Crippen LogP contribution in [-0.2, 0) is 14.4 Å². The molecular weight excluding hydrogens is 608 g/mol. The lowest BCUT2D eigenvalue weighted by Gasteiger charge is -2.63. The van der Waals surface area contributed by atoms with Crippen molar-refractivity contribution in [3.8, 4) is 0 Å². The number of rotatable bonds is 8. The molecule has 5 fully saturated rings. The maximum Gasteiger partial charge on any atom is 0.268 e. The van der Waals surface area contributed by atoms with Gasteiger partial charge in [0, 0.05) is 17.1 Å². The van der Waals surface area contributed by atoms with Crippen LogP contribution in [0.25, 0.3) is 10.4 Å². The number of aliphatic hydroxyl groups excluding tert-OH is 3. The third kappa shape index (κ3) is 5.34. The van der Waals surface area contributed by atoms with Crippen molar-refractivity contribution in [1.29, 1.82) is 0 Å². The molecule has 0 radical (unpaired) electrons. The minimum atomic E-state index is -0.807. The van der Waals surface area contributed by atoms with Crippen LogP contribution in [0.1, 0.15) is 85.5 Å². The smallest absolute Gasteiger partial charge is 0.268 e. The maximum absolute atomic E-state index is 13.2. The second kappa shape index (κ2) is 12.6. The average Bonchev–Trinajstić information content (AvgIpc) is 3.39. The van der Waals surface area contributed by atoms with Gasteiger partial charge in [0.15, 0.2) is 0 Å². The predicted molar refractivity (Wildman–Crippen MR) is 172 cm³/mol. The summed E-state index contributed by atoms with van der Waals surface area (Å²) < 4.78 is 0. The Bertz CT molecular complexity index is 1340. The molecule has 13 heteroatoms. The van der Waals surface area contributed by atoms with E-state index < -0.39 is 30.3 Å². The Balaban J connectivity index is 1.05. The zero-order chi connectivity index (χ0) is 33.1. The minimum Gasteiger partial charge on any atom is -0.393 e. The molecule has 6 aliphatic rings. The number of fused-ring (bicyclic) bond motifs is 6. The van der Waals surface area contributed by atoms with E-state index in [-0.39, 0.29) is 58.1 Å². The number of nitrogens with zero attached hydrogens (tertiary/aromatic N) is 4. The summed E-state index contributed by atoms with van der Waals surface area (Å²) in [6, 6.07) is -0.685. The second-order valence-electron chi connectivity index (χ2n) is 15.5. The van der Waals surface area contributed by atoms with E-state index in [9.17, 15) is 29.7 Å². The van der Waals surface area contributed by atoms with Gasteiger partial charge in [0.1, 0.15) is 17.1 Å². The van der Waals surface area contributed by atoms with Gasteiger partial charge in [-0.25, -0.2) is 0 Å². The number of hydrogen-bond acceptors (Lipinski definition) is 8. The van der Waals surface area contributed by atoms with Crippen LogP contribution in [0, 0.1) is 46.3 Å². The third-order valence-electron chi connectivity index (χ3n) is 13.4. The molecular formula is C33H50N6O6S. The molecule has 0 bridgehead atoms. The summed E-state index contributed by atoms with van der Waals surface area (Å²) >= 11 is 1.52. The highest BCUT2D eigenvalue weighted by atomic mass is 32.2. The molecule has 2 aliphatic heterocycles. The number of aliphatic hydroxyl groups is 3. The molecule has 1 saturated heterocycles. The molecule has 6 rings (SSSR count). The first-order chi connectivity index (χ1) is 21.8. The summed E-state index contributed by atoms with van der Waals surface area (Å²) in [5.74, 6) is 0.934. The summed E-state index contributed by atoms with van der Waals surface area (Å²) in [5.41, 5.74) is 9.46. The average molecular weight is 659 g/mol. The predicted octanol–water partition coefficient (Wildman–Crippen LogP) is 3.42. The normalized spacial score (nSPS) is 43.6. The summed E-state index contributed by atoms with van der Waals surface area (Å²) in [6.07, 6.45) is 5.41. The quantitative estimate of drug-likeness (QED) is 0.114. The van der Waals surface area contributed by atoms with Gasteiger partial charge in [0.05, 0.1) is 25.0 Å². The van der Waals surface area contributed by atoms with Crippen LogP contribution in [0.5, 0.6) is 0 Å². The third-order valence-corrected chi connectivity index (χ3v) is 14.8. The molecule has 0 aromatic rings. The number of β-lactam (4-membered cyclic amide) rings is 1. The number of hydrogen-bond donors (Lipinski definition) is 5. The van der Waals surface area contributed by atoms with Crippen LogP contribution < -0.4 is 10.6 Å². The summed E-state index contributed by atoms with van der Waals surface area (Å²) in [5, 5.41) is 41.7. The number of carbonyl (C=O) groups excluding carboxylic acids is 3. The van der Waals surface area contributed by atoms with Crippen molar-refractivity contribution >= 4 is 29.5 Å². The molecule has 4 saturated carbocycles. The topological polar surface area (TPSA) is 188 Å². The molecule has 0 aromatic carbocycles. The number of carbonyl (C=O) groups is 3. The van der Waals surface area contributed by atoms with Crippen molar-refractivity contribution in [2.75, 3.05) is 12.4 Å². The van der Waals surface area contributed by atoms with E-state index >= 15 is 0 Å². The molecule has 5 N–H and O–H groups in total. The Kier molecular flexibility index (Phi) is 9.21. The highest BCUT2D eigenvalue weighted by Gasteiger charge is 2.65. The van der Waals surface area contributed by atoms with Crippen LogP contribution in [0.3, 0.4) is 0 Å². The lowest BCUT2D eigenvalue weighted by atomic mass is 9.43. The first-order valence-electron chi connectivity index (χ1n) is 17.1. The highest BCUT2D eigenvalue weighted by Crippen LogP contribution is 2.68. The maximum atomic E-state index is 13.2. The largest absolute Gasteiger partial charge is 0.393 e. The van der Waals surface area contributed by atoms with Gasteiger partial charge in [0.25, 0.3) is 11.8 Å². The molecule has 0 spiro atoms. The van der Waals surface area contributed by atoms with E-state index in [1.54, 1.807) is 6.92 Å². The molecule has 2 heterocycles. The Morgan fingerprint density at radius 1 is 1.09 bits per heavy atom. The highest BCUT2D eigenvalue weighted by molar-refractivity contribution is 8.00. The Morgan fingerprint density at radius 3 is 2.54 bits per heavy atom. The van der Waals surface area contributed by atoms with E-state index in [1.807, 2.05) is 0 Å². The number of thioether (sulfide) groups is 1. The lowest BCUT2D eigenvalue weighted by molar-refractivity contribution is -0.223. The molecule has 4 aliphatic carbocycles. The van der Waals surface area contributed by atoms with Crippen LogP contribution in [0.4, 0.5) is 0 Å². The monoisotopic (exact) mass is 658 g/mol. The first-order valence-corrected chi connectivity index (χ1v) is 18.1. The fourth-order valence-electron chi connectivity index (χ4n) is 11.0. The molecule has 46 heavy (non-hydrogen) atoms. The molecule has 13 atom stereocenters. The zero-order valence-corrected chi connectivity index (χ0v) is 28.2. The minimum absolute atomic E-state index is 0.0258. The van der Waals surface area contributed by atoms with Gasteiger partial charge >= 0.3 is 0 Å². The summed E-state index contributed by atoms with van der Waals surface area (Å²) in [6.45, 7) is 8.48. The molecule has 13 unspecified atom stereocenters. The standard InChI is InChI=1S/C33H50N6O6S/c1-16(5-8-23(41)37-25-30(45)39-26(17(2)14-46-31(25)39)29(44)35-15-36-38-34)19-6-7-20-24-21(10-12-32(19,20)3)33(4)11-9-18(40)13-22(33)27(42)28(24)43/h16,18-22,24-25,27-28,31,40,42-43H,5-15H2,1-4H3,(H,35,44)(H,37,41). The van der Waals surface area contributed by atoms with Crippen LogP contribution in [0.2, 0.25) is 0 Å². The van der Waals surface area contributed by atoms with Gasteiger partial charge in [-0.15, -0.1) is 11.8 Å². The molecule has 12 nitrogen and oxygen atoms in total. The van der Waals surface area contributed by atoms with Crippen molar-refractivity contribution in [3.63, 3.8) is 0 Å². The van der Waals surface area contributed by atoms with Gasteiger partial charge in [-0.1, -0.05) is 25.9 Å². The van der Waals surface area contributed by atoms with E-state index in [0.29, 0.717) is 42.8 Å². The van der Waals surface area contributed by atoms with Crippen molar-refractivity contribution in [2.24, 2.45) is 51.5 Å². The Hall–Kier alpha value is -2.31.